The maximum atomic E-state index is 11.5. The number of hydrogen-bond acceptors (Lipinski definition) is 3. The van der Waals surface area contributed by atoms with Gasteiger partial charge in [0, 0.05) is 18.8 Å². The van der Waals surface area contributed by atoms with E-state index in [2.05, 4.69) is 36.9 Å². The van der Waals surface area contributed by atoms with Gasteiger partial charge in [-0.3, -0.25) is 4.79 Å². The summed E-state index contributed by atoms with van der Waals surface area (Å²) in [5.41, 5.74) is 3.97. The molecular weight excluding hydrogens is 226 g/mol. The summed E-state index contributed by atoms with van der Waals surface area (Å²) in [5.74, 6) is 0.0204. The van der Waals surface area contributed by atoms with Crippen LogP contribution in [0, 0.1) is 19.8 Å². The molecule has 2 rings (SSSR count). The average Bonchev–Trinajstić information content (AvgIpc) is 2.41. The van der Waals surface area contributed by atoms with Crippen LogP contribution in [0.1, 0.15) is 24.0 Å². The van der Waals surface area contributed by atoms with Gasteiger partial charge >= 0.3 is 5.97 Å². The third kappa shape index (κ3) is 2.50. The second-order valence-corrected chi connectivity index (χ2v) is 5.00. The summed E-state index contributed by atoms with van der Waals surface area (Å²) in [6.45, 7) is 6.17. The summed E-state index contributed by atoms with van der Waals surface area (Å²) in [7, 11) is 1.47. The van der Waals surface area contributed by atoms with Crippen molar-refractivity contribution in [2.45, 2.75) is 26.7 Å². The number of esters is 1. The topological polar surface area (TPSA) is 29.5 Å². The van der Waals surface area contributed by atoms with Crippen LogP contribution in [-0.4, -0.2) is 26.2 Å². The number of rotatable bonds is 2. The van der Waals surface area contributed by atoms with E-state index in [0.717, 1.165) is 25.9 Å². The number of nitrogens with zero attached hydrogens (tertiary/aromatic N) is 1. The van der Waals surface area contributed by atoms with Gasteiger partial charge in [0.25, 0.3) is 0 Å². The van der Waals surface area contributed by atoms with Crippen LogP contribution in [0.4, 0.5) is 5.69 Å². The van der Waals surface area contributed by atoms with Crippen LogP contribution >= 0.6 is 0 Å². The second-order valence-electron chi connectivity index (χ2n) is 5.00. The Morgan fingerprint density at radius 2 is 1.94 bits per heavy atom. The second kappa shape index (κ2) is 5.42. The number of benzene rings is 1. The van der Waals surface area contributed by atoms with E-state index in [1.165, 1.54) is 23.9 Å². The van der Waals surface area contributed by atoms with Crippen molar-refractivity contribution < 1.29 is 9.53 Å². The molecule has 1 aromatic carbocycles. The predicted molar refractivity (Wildman–Crippen MR) is 72.9 cm³/mol. The van der Waals surface area contributed by atoms with E-state index in [-0.39, 0.29) is 11.9 Å². The molecule has 0 aromatic heterocycles. The summed E-state index contributed by atoms with van der Waals surface area (Å²) in [4.78, 5) is 13.9. The highest BCUT2D eigenvalue weighted by Crippen LogP contribution is 2.27. The van der Waals surface area contributed by atoms with Gasteiger partial charge in [0.2, 0.25) is 0 Å². The lowest BCUT2D eigenvalue weighted by molar-refractivity contribution is -0.146. The first-order chi connectivity index (χ1) is 8.63. The van der Waals surface area contributed by atoms with Crippen LogP contribution in [0.5, 0.6) is 0 Å². The molecule has 0 saturated carbocycles. The monoisotopic (exact) mass is 247 g/mol. The lowest BCUT2D eigenvalue weighted by atomic mass is 9.95. The maximum absolute atomic E-state index is 11.5. The van der Waals surface area contributed by atoms with Gasteiger partial charge in [0.15, 0.2) is 0 Å². The Balaban J connectivity index is 2.06. The highest BCUT2D eigenvalue weighted by molar-refractivity contribution is 5.72. The Labute approximate surface area is 109 Å². The fraction of sp³-hybridized carbons (Fsp3) is 0.533. The number of carbonyl (C=O) groups excluding carboxylic acids is 1. The smallest absolute Gasteiger partial charge is 0.308 e. The molecule has 1 aliphatic heterocycles. The minimum absolute atomic E-state index is 0.0596. The molecule has 0 bridgehead atoms. The van der Waals surface area contributed by atoms with Crippen molar-refractivity contribution in [1.82, 2.24) is 0 Å². The summed E-state index contributed by atoms with van der Waals surface area (Å²) < 4.78 is 4.82. The van der Waals surface area contributed by atoms with Crippen LogP contribution in [0.3, 0.4) is 0 Å². The SMILES string of the molecule is COC(=O)C1CCN(c2cccc(C)c2C)CC1. The van der Waals surface area contributed by atoms with E-state index in [0.29, 0.717) is 0 Å². The third-order valence-corrected chi connectivity index (χ3v) is 3.95. The van der Waals surface area contributed by atoms with Gasteiger partial charge in [0.1, 0.15) is 0 Å². The van der Waals surface area contributed by atoms with E-state index in [4.69, 9.17) is 4.74 Å². The van der Waals surface area contributed by atoms with Crippen molar-refractivity contribution in [1.29, 1.82) is 0 Å². The first-order valence-electron chi connectivity index (χ1n) is 6.52. The van der Waals surface area contributed by atoms with Gasteiger partial charge < -0.3 is 9.64 Å². The first-order valence-corrected chi connectivity index (χ1v) is 6.52. The molecule has 1 aromatic rings. The van der Waals surface area contributed by atoms with Gasteiger partial charge in [-0.05, 0) is 43.9 Å². The van der Waals surface area contributed by atoms with Crippen molar-refractivity contribution in [3.05, 3.63) is 29.3 Å². The first kappa shape index (κ1) is 12.9. The zero-order chi connectivity index (χ0) is 13.1. The van der Waals surface area contributed by atoms with E-state index in [1.54, 1.807) is 0 Å². The fourth-order valence-electron chi connectivity index (χ4n) is 2.60. The van der Waals surface area contributed by atoms with Crippen LogP contribution in [0.2, 0.25) is 0 Å². The molecule has 98 valence electrons. The molecule has 0 unspecified atom stereocenters. The fourth-order valence-corrected chi connectivity index (χ4v) is 2.60. The molecule has 0 radical (unpaired) electrons. The highest BCUT2D eigenvalue weighted by Gasteiger charge is 2.26. The van der Waals surface area contributed by atoms with Gasteiger partial charge in [-0.25, -0.2) is 0 Å². The van der Waals surface area contributed by atoms with E-state index in [1.807, 2.05) is 0 Å². The third-order valence-electron chi connectivity index (χ3n) is 3.95. The van der Waals surface area contributed by atoms with Crippen molar-refractivity contribution >= 4 is 11.7 Å². The molecule has 3 nitrogen and oxygen atoms in total. The van der Waals surface area contributed by atoms with Crippen molar-refractivity contribution in [2.75, 3.05) is 25.1 Å². The molecular formula is C15H21NO2. The minimum atomic E-state index is -0.0596. The summed E-state index contributed by atoms with van der Waals surface area (Å²) in [6, 6.07) is 6.41. The lowest BCUT2D eigenvalue weighted by Crippen LogP contribution is -2.37. The molecule has 0 amide bonds. The molecule has 1 aliphatic rings. The highest BCUT2D eigenvalue weighted by atomic mass is 16.5. The van der Waals surface area contributed by atoms with Crippen LogP contribution in [0.15, 0.2) is 18.2 Å². The Hall–Kier alpha value is -1.51. The summed E-state index contributed by atoms with van der Waals surface area (Å²) in [5, 5.41) is 0. The number of aryl methyl sites for hydroxylation is 1. The number of methoxy groups -OCH3 is 1. The Morgan fingerprint density at radius 1 is 1.28 bits per heavy atom. The predicted octanol–water partition coefficient (Wildman–Crippen LogP) is 2.69. The quantitative estimate of drug-likeness (QED) is 0.753. The zero-order valence-electron chi connectivity index (χ0n) is 11.4. The molecule has 1 fully saturated rings. The van der Waals surface area contributed by atoms with Gasteiger partial charge in [-0.15, -0.1) is 0 Å². The zero-order valence-corrected chi connectivity index (χ0v) is 11.4. The Kier molecular flexibility index (Phi) is 3.90. The molecule has 0 spiro atoms. The molecule has 0 N–H and O–H groups in total. The molecule has 3 heteroatoms. The number of anilines is 1. The van der Waals surface area contributed by atoms with Gasteiger partial charge in [-0.2, -0.15) is 0 Å². The van der Waals surface area contributed by atoms with E-state index >= 15 is 0 Å². The van der Waals surface area contributed by atoms with Gasteiger partial charge in [-0.1, -0.05) is 12.1 Å². The summed E-state index contributed by atoms with van der Waals surface area (Å²) >= 11 is 0. The Morgan fingerprint density at radius 3 is 2.56 bits per heavy atom. The van der Waals surface area contributed by atoms with Gasteiger partial charge in [0.05, 0.1) is 13.0 Å². The minimum Gasteiger partial charge on any atom is -0.469 e. The Bertz CT molecular complexity index is 434. The van der Waals surface area contributed by atoms with Crippen LogP contribution < -0.4 is 4.90 Å². The van der Waals surface area contributed by atoms with Crippen molar-refractivity contribution in [3.63, 3.8) is 0 Å². The largest absolute Gasteiger partial charge is 0.469 e. The normalized spacial score (nSPS) is 16.7. The maximum Gasteiger partial charge on any atom is 0.308 e. The van der Waals surface area contributed by atoms with Crippen LogP contribution in [-0.2, 0) is 9.53 Å². The number of hydrogen-bond donors (Lipinski definition) is 0. The van der Waals surface area contributed by atoms with Crippen molar-refractivity contribution in [3.8, 4) is 0 Å². The van der Waals surface area contributed by atoms with E-state index < -0.39 is 0 Å². The van der Waals surface area contributed by atoms with Crippen molar-refractivity contribution in [2.24, 2.45) is 5.92 Å². The lowest BCUT2D eigenvalue weighted by Gasteiger charge is -2.33. The number of ether oxygens (including phenoxy) is 1. The molecule has 1 heterocycles. The average molecular weight is 247 g/mol. The molecule has 0 atom stereocenters. The standard InChI is InChI=1S/C15H21NO2/c1-11-5-4-6-14(12(11)2)16-9-7-13(8-10-16)15(17)18-3/h4-6,13H,7-10H2,1-3H3. The van der Waals surface area contributed by atoms with Crippen LogP contribution in [0.25, 0.3) is 0 Å². The van der Waals surface area contributed by atoms with E-state index in [9.17, 15) is 4.79 Å². The molecule has 1 saturated heterocycles. The molecule has 0 aliphatic carbocycles. The number of piperidine rings is 1. The molecule has 18 heavy (non-hydrogen) atoms. The summed E-state index contributed by atoms with van der Waals surface area (Å²) in [6.07, 6.45) is 1.78. The number of carbonyl (C=O) groups is 1.